The number of ether oxygens (including phenoxy) is 2. The third-order valence-electron chi connectivity index (χ3n) is 4.08. The highest BCUT2D eigenvalue weighted by Crippen LogP contribution is 2.18. The van der Waals surface area contributed by atoms with Crippen molar-refractivity contribution < 1.29 is 14.3 Å². The van der Waals surface area contributed by atoms with Crippen LogP contribution in [-0.2, 0) is 16.1 Å². The van der Waals surface area contributed by atoms with Crippen LogP contribution < -0.4 is 10.1 Å². The van der Waals surface area contributed by atoms with E-state index in [1.807, 2.05) is 19.1 Å². The summed E-state index contributed by atoms with van der Waals surface area (Å²) in [5.41, 5.74) is 1.02. The van der Waals surface area contributed by atoms with Crippen molar-refractivity contribution in [2.45, 2.75) is 26.3 Å². The van der Waals surface area contributed by atoms with E-state index in [1.54, 1.807) is 13.3 Å². The molecule has 2 rings (SSSR count). The SMILES string of the molecule is CCNC(=NCc1ccc(OC)nc1)N1CCC(C(=O)OC)CC1. The van der Waals surface area contributed by atoms with Crippen molar-refractivity contribution in [2.24, 2.45) is 10.9 Å². The summed E-state index contributed by atoms with van der Waals surface area (Å²) in [4.78, 5) is 22.7. The van der Waals surface area contributed by atoms with E-state index in [-0.39, 0.29) is 11.9 Å². The van der Waals surface area contributed by atoms with Crippen LogP contribution in [-0.4, -0.2) is 55.7 Å². The summed E-state index contributed by atoms with van der Waals surface area (Å²) in [6.07, 6.45) is 3.36. The van der Waals surface area contributed by atoms with Gasteiger partial charge in [-0.15, -0.1) is 0 Å². The molecule has 1 saturated heterocycles. The fourth-order valence-electron chi connectivity index (χ4n) is 2.71. The molecule has 1 aromatic heterocycles. The highest BCUT2D eigenvalue weighted by Gasteiger charge is 2.26. The van der Waals surface area contributed by atoms with Gasteiger partial charge in [-0.2, -0.15) is 0 Å². The van der Waals surface area contributed by atoms with Crippen molar-refractivity contribution in [3.05, 3.63) is 23.9 Å². The van der Waals surface area contributed by atoms with Gasteiger partial charge in [0, 0.05) is 31.9 Å². The number of rotatable bonds is 5. The molecule has 0 radical (unpaired) electrons. The van der Waals surface area contributed by atoms with Crippen LogP contribution in [0, 0.1) is 5.92 Å². The first-order valence-corrected chi connectivity index (χ1v) is 8.28. The maximum absolute atomic E-state index is 11.6. The van der Waals surface area contributed by atoms with Crippen molar-refractivity contribution in [1.82, 2.24) is 15.2 Å². The molecule has 0 bridgehead atoms. The number of aromatic nitrogens is 1. The van der Waals surface area contributed by atoms with E-state index in [0.29, 0.717) is 12.4 Å². The molecule has 0 spiro atoms. The predicted octanol–water partition coefficient (Wildman–Crippen LogP) is 1.44. The molecule has 1 aromatic rings. The van der Waals surface area contributed by atoms with Gasteiger partial charge in [0.05, 0.1) is 26.7 Å². The summed E-state index contributed by atoms with van der Waals surface area (Å²) in [6.45, 7) is 5.00. The van der Waals surface area contributed by atoms with Gasteiger partial charge in [0.2, 0.25) is 5.88 Å². The van der Waals surface area contributed by atoms with E-state index in [1.165, 1.54) is 7.11 Å². The lowest BCUT2D eigenvalue weighted by Crippen LogP contribution is -2.46. The molecule has 1 N–H and O–H groups in total. The predicted molar refractivity (Wildman–Crippen MR) is 91.9 cm³/mol. The van der Waals surface area contributed by atoms with Gasteiger partial charge in [0.1, 0.15) is 0 Å². The lowest BCUT2D eigenvalue weighted by Gasteiger charge is -2.33. The summed E-state index contributed by atoms with van der Waals surface area (Å²) in [6, 6.07) is 3.79. The van der Waals surface area contributed by atoms with E-state index >= 15 is 0 Å². The number of carbonyl (C=O) groups excluding carboxylic acids is 1. The number of carbonyl (C=O) groups is 1. The first-order valence-electron chi connectivity index (χ1n) is 8.28. The number of nitrogens with one attached hydrogen (secondary N) is 1. The smallest absolute Gasteiger partial charge is 0.308 e. The van der Waals surface area contributed by atoms with Crippen molar-refractivity contribution in [1.29, 1.82) is 0 Å². The standard InChI is InChI=1S/C17H26N4O3/c1-4-18-17(20-12-13-5-6-15(23-2)19-11-13)21-9-7-14(8-10-21)16(22)24-3/h5-6,11,14H,4,7-10,12H2,1-3H3,(H,18,20). The quantitative estimate of drug-likeness (QED) is 0.499. The lowest BCUT2D eigenvalue weighted by molar-refractivity contribution is -0.146. The number of aliphatic imine (C=N–C) groups is 1. The average molecular weight is 334 g/mol. The van der Waals surface area contributed by atoms with E-state index in [2.05, 4.69) is 20.2 Å². The second kappa shape index (κ2) is 9.10. The van der Waals surface area contributed by atoms with Gasteiger partial charge < -0.3 is 19.7 Å². The summed E-state index contributed by atoms with van der Waals surface area (Å²) in [5.74, 6) is 1.36. The molecule has 0 aliphatic carbocycles. The summed E-state index contributed by atoms with van der Waals surface area (Å²) >= 11 is 0. The van der Waals surface area contributed by atoms with Crippen LogP contribution in [0.25, 0.3) is 0 Å². The van der Waals surface area contributed by atoms with E-state index in [0.717, 1.165) is 44.0 Å². The summed E-state index contributed by atoms with van der Waals surface area (Å²) in [5, 5.41) is 3.32. The van der Waals surface area contributed by atoms with Crippen LogP contribution in [0.2, 0.25) is 0 Å². The number of nitrogens with zero attached hydrogens (tertiary/aromatic N) is 3. The minimum absolute atomic E-state index is 0.0000790. The van der Waals surface area contributed by atoms with Crippen molar-refractivity contribution >= 4 is 11.9 Å². The van der Waals surface area contributed by atoms with Gasteiger partial charge >= 0.3 is 5.97 Å². The largest absolute Gasteiger partial charge is 0.481 e. The van der Waals surface area contributed by atoms with Crippen LogP contribution in [0.1, 0.15) is 25.3 Å². The molecule has 7 heteroatoms. The van der Waals surface area contributed by atoms with Gasteiger partial charge in [-0.1, -0.05) is 6.07 Å². The number of esters is 1. The molecule has 0 unspecified atom stereocenters. The molecule has 0 atom stereocenters. The molecule has 1 fully saturated rings. The molecular weight excluding hydrogens is 308 g/mol. The maximum Gasteiger partial charge on any atom is 0.308 e. The van der Waals surface area contributed by atoms with E-state index < -0.39 is 0 Å². The molecule has 1 aliphatic rings. The number of pyridine rings is 1. The van der Waals surface area contributed by atoms with Crippen molar-refractivity contribution in [2.75, 3.05) is 33.9 Å². The average Bonchev–Trinajstić information content (AvgIpc) is 2.65. The Kier molecular flexibility index (Phi) is 6.84. The van der Waals surface area contributed by atoms with Crippen LogP contribution >= 0.6 is 0 Å². The van der Waals surface area contributed by atoms with Gasteiger partial charge in [-0.3, -0.25) is 4.79 Å². The first-order chi connectivity index (χ1) is 11.7. The van der Waals surface area contributed by atoms with Crippen LogP contribution in [0.15, 0.2) is 23.3 Å². The van der Waals surface area contributed by atoms with Crippen LogP contribution in [0.4, 0.5) is 0 Å². The highest BCUT2D eigenvalue weighted by atomic mass is 16.5. The molecule has 7 nitrogen and oxygen atoms in total. The molecule has 2 heterocycles. The molecule has 24 heavy (non-hydrogen) atoms. The first kappa shape index (κ1) is 18.0. The molecule has 0 saturated carbocycles. The zero-order chi connectivity index (χ0) is 17.4. The Morgan fingerprint density at radius 3 is 2.67 bits per heavy atom. The van der Waals surface area contributed by atoms with E-state index in [9.17, 15) is 4.79 Å². The second-order valence-electron chi connectivity index (χ2n) is 5.66. The third kappa shape index (κ3) is 4.84. The van der Waals surface area contributed by atoms with Crippen molar-refractivity contribution in [3.63, 3.8) is 0 Å². The monoisotopic (exact) mass is 334 g/mol. The molecule has 0 amide bonds. The normalized spacial score (nSPS) is 16.0. The van der Waals surface area contributed by atoms with E-state index in [4.69, 9.17) is 9.47 Å². The fourth-order valence-corrected chi connectivity index (χ4v) is 2.71. The molecular formula is C17H26N4O3. The van der Waals surface area contributed by atoms with Crippen molar-refractivity contribution in [3.8, 4) is 5.88 Å². The lowest BCUT2D eigenvalue weighted by atomic mass is 9.97. The number of piperidine rings is 1. The Morgan fingerprint density at radius 2 is 2.12 bits per heavy atom. The van der Waals surface area contributed by atoms with Crippen LogP contribution in [0.5, 0.6) is 5.88 Å². The third-order valence-corrected chi connectivity index (χ3v) is 4.08. The molecule has 0 aromatic carbocycles. The van der Waals surface area contributed by atoms with Gasteiger partial charge in [-0.05, 0) is 25.3 Å². The second-order valence-corrected chi connectivity index (χ2v) is 5.66. The highest BCUT2D eigenvalue weighted by molar-refractivity contribution is 5.80. The Hall–Kier alpha value is -2.31. The number of hydrogen-bond acceptors (Lipinski definition) is 5. The summed E-state index contributed by atoms with van der Waals surface area (Å²) < 4.78 is 9.90. The topological polar surface area (TPSA) is 76.1 Å². The molecule has 1 aliphatic heterocycles. The Bertz CT molecular complexity index is 551. The van der Waals surface area contributed by atoms with Gasteiger partial charge in [-0.25, -0.2) is 9.98 Å². The fraction of sp³-hybridized carbons (Fsp3) is 0.588. The Morgan fingerprint density at radius 1 is 1.38 bits per heavy atom. The number of guanidine groups is 1. The zero-order valence-corrected chi connectivity index (χ0v) is 14.6. The van der Waals surface area contributed by atoms with Gasteiger partial charge in [0.25, 0.3) is 0 Å². The molecule has 132 valence electrons. The van der Waals surface area contributed by atoms with Gasteiger partial charge in [0.15, 0.2) is 5.96 Å². The number of likely N-dealkylation sites (tertiary alicyclic amines) is 1. The number of hydrogen-bond donors (Lipinski definition) is 1. The zero-order valence-electron chi connectivity index (χ0n) is 14.6. The number of methoxy groups -OCH3 is 2. The maximum atomic E-state index is 11.6. The minimum Gasteiger partial charge on any atom is -0.481 e. The minimum atomic E-state index is -0.110. The Balaban J connectivity index is 1.96. The summed E-state index contributed by atoms with van der Waals surface area (Å²) in [7, 11) is 3.05. The van der Waals surface area contributed by atoms with Crippen LogP contribution in [0.3, 0.4) is 0 Å². The Labute approximate surface area is 143 Å².